The highest BCUT2D eigenvalue weighted by atomic mass is 32.3. The van der Waals surface area contributed by atoms with Gasteiger partial charge >= 0.3 is 10.4 Å². The number of hydrogen-bond donors (Lipinski definition) is 2. The lowest BCUT2D eigenvalue weighted by atomic mass is 10.1. The number of amides is 1. The number of ether oxygens (including phenoxy) is 1. The third kappa shape index (κ3) is 7.01. The van der Waals surface area contributed by atoms with E-state index in [0.29, 0.717) is 37.3 Å². The summed E-state index contributed by atoms with van der Waals surface area (Å²) in [6, 6.07) is 0. The molecule has 1 fully saturated rings. The molecule has 9 heteroatoms. The van der Waals surface area contributed by atoms with Gasteiger partial charge in [-0.1, -0.05) is 13.8 Å². The van der Waals surface area contributed by atoms with Gasteiger partial charge in [0.05, 0.1) is 26.3 Å². The van der Waals surface area contributed by atoms with Crippen molar-refractivity contribution in [2.24, 2.45) is 5.92 Å². The van der Waals surface area contributed by atoms with Gasteiger partial charge in [-0.3, -0.25) is 9.35 Å². The Morgan fingerprint density at radius 3 is 2.55 bits per heavy atom. The summed E-state index contributed by atoms with van der Waals surface area (Å²) in [5, 5.41) is 2.91. The molecule has 1 rings (SSSR count). The van der Waals surface area contributed by atoms with Crippen molar-refractivity contribution in [2.75, 3.05) is 52.5 Å². The zero-order valence-corrected chi connectivity index (χ0v) is 14.1. The van der Waals surface area contributed by atoms with Crippen LogP contribution in [0.5, 0.6) is 0 Å². The van der Waals surface area contributed by atoms with Crippen molar-refractivity contribution in [1.29, 1.82) is 0 Å². The number of nitrogens with one attached hydrogen (secondary N) is 1. The Balaban J connectivity index is 2.47. The summed E-state index contributed by atoms with van der Waals surface area (Å²) >= 11 is 0. The summed E-state index contributed by atoms with van der Waals surface area (Å²) in [5.41, 5.74) is 0. The fourth-order valence-electron chi connectivity index (χ4n) is 2.40. The van der Waals surface area contributed by atoms with Crippen LogP contribution in [0.4, 0.5) is 0 Å². The van der Waals surface area contributed by atoms with Crippen LogP contribution in [-0.4, -0.2) is 75.9 Å². The lowest BCUT2D eigenvalue weighted by Crippen LogP contribution is -2.59. The van der Waals surface area contributed by atoms with Gasteiger partial charge in [0.2, 0.25) is 5.91 Å². The zero-order valence-electron chi connectivity index (χ0n) is 13.3. The molecule has 0 aromatic heterocycles. The van der Waals surface area contributed by atoms with Gasteiger partial charge in [-0.05, 0) is 6.42 Å². The van der Waals surface area contributed by atoms with Crippen molar-refractivity contribution in [3.8, 4) is 0 Å². The Kier molecular flexibility index (Phi) is 7.70. The zero-order chi connectivity index (χ0) is 16.6. The Bertz CT molecular complexity index is 447. The number of hydrogen-bond acceptors (Lipinski definition) is 5. The summed E-state index contributed by atoms with van der Waals surface area (Å²) in [7, 11) is -4.41. The first-order valence-corrected chi connectivity index (χ1v) is 8.97. The lowest BCUT2D eigenvalue weighted by Gasteiger charge is -2.41. The average Bonchev–Trinajstić information content (AvgIpc) is 2.46. The SMILES string of the molecule is CCC(C)C(=O)NCC[N+]1(CCOS(=O)(=O)O)CCOCC1. The van der Waals surface area contributed by atoms with Gasteiger partial charge in [0.15, 0.2) is 0 Å². The molecule has 130 valence electrons. The van der Waals surface area contributed by atoms with Crippen LogP contribution in [0.2, 0.25) is 0 Å². The molecule has 1 atom stereocenters. The van der Waals surface area contributed by atoms with Crippen molar-refractivity contribution >= 4 is 16.3 Å². The molecular formula is C13H27N2O6S+. The van der Waals surface area contributed by atoms with Crippen LogP contribution in [0.3, 0.4) is 0 Å². The first-order valence-electron chi connectivity index (χ1n) is 7.60. The number of quaternary nitrogens is 1. The van der Waals surface area contributed by atoms with Crippen LogP contribution in [-0.2, 0) is 24.1 Å². The average molecular weight is 339 g/mol. The van der Waals surface area contributed by atoms with E-state index in [9.17, 15) is 13.2 Å². The molecule has 0 bridgehead atoms. The summed E-state index contributed by atoms with van der Waals surface area (Å²) in [5.74, 6) is 0.0177. The van der Waals surface area contributed by atoms with Crippen LogP contribution >= 0.6 is 0 Å². The molecule has 1 saturated heterocycles. The smallest absolute Gasteiger partial charge is 0.370 e. The Morgan fingerprint density at radius 2 is 2.00 bits per heavy atom. The van der Waals surface area contributed by atoms with Crippen molar-refractivity contribution in [3.63, 3.8) is 0 Å². The number of morpholine rings is 1. The number of carbonyl (C=O) groups is 1. The topological polar surface area (TPSA) is 102 Å². The molecule has 1 heterocycles. The van der Waals surface area contributed by atoms with E-state index in [1.807, 2.05) is 13.8 Å². The van der Waals surface area contributed by atoms with Crippen LogP contribution in [0.15, 0.2) is 0 Å². The minimum atomic E-state index is -4.41. The Morgan fingerprint density at radius 1 is 1.36 bits per heavy atom. The molecule has 1 unspecified atom stereocenters. The number of nitrogens with zero attached hydrogens (tertiary/aromatic N) is 1. The molecule has 0 saturated carbocycles. The molecular weight excluding hydrogens is 312 g/mol. The molecule has 22 heavy (non-hydrogen) atoms. The fourth-order valence-corrected chi connectivity index (χ4v) is 2.69. The molecule has 0 spiro atoms. The molecule has 1 aliphatic heterocycles. The van der Waals surface area contributed by atoms with Gasteiger partial charge in [0.1, 0.15) is 26.2 Å². The van der Waals surface area contributed by atoms with E-state index in [0.717, 1.165) is 19.5 Å². The second-order valence-electron chi connectivity index (χ2n) is 5.70. The fraction of sp³-hybridized carbons (Fsp3) is 0.923. The van der Waals surface area contributed by atoms with E-state index in [4.69, 9.17) is 9.29 Å². The standard InChI is InChI=1S/C13H26N2O6S/c1-3-12(2)13(16)14-4-5-15(6-9-20-10-7-15)8-11-21-22(17,18)19/h12H,3-11H2,1-2H3,(H-,14,16,17,18,19)/p+1. The third-order valence-corrected chi connectivity index (χ3v) is 4.63. The van der Waals surface area contributed by atoms with E-state index in [1.54, 1.807) is 0 Å². The van der Waals surface area contributed by atoms with E-state index in [-0.39, 0.29) is 18.4 Å². The summed E-state index contributed by atoms with van der Waals surface area (Å²) in [4.78, 5) is 11.8. The predicted molar refractivity (Wildman–Crippen MR) is 80.5 cm³/mol. The van der Waals surface area contributed by atoms with Gasteiger partial charge in [0.25, 0.3) is 0 Å². The van der Waals surface area contributed by atoms with Crippen molar-refractivity contribution < 1.29 is 31.2 Å². The molecule has 0 aromatic rings. The summed E-state index contributed by atoms with van der Waals surface area (Å²) < 4.78 is 40.3. The molecule has 8 nitrogen and oxygen atoms in total. The van der Waals surface area contributed by atoms with Crippen LogP contribution in [0.1, 0.15) is 20.3 Å². The lowest BCUT2D eigenvalue weighted by molar-refractivity contribution is -0.934. The maximum atomic E-state index is 11.8. The molecule has 0 aromatic carbocycles. The second kappa shape index (κ2) is 8.78. The molecule has 0 radical (unpaired) electrons. The van der Waals surface area contributed by atoms with Gasteiger partial charge < -0.3 is 14.5 Å². The van der Waals surface area contributed by atoms with Gasteiger partial charge in [-0.15, -0.1) is 0 Å². The van der Waals surface area contributed by atoms with Crippen LogP contribution < -0.4 is 5.32 Å². The molecule has 0 aliphatic carbocycles. The Labute approximate surface area is 132 Å². The van der Waals surface area contributed by atoms with E-state index in [2.05, 4.69) is 9.50 Å². The molecule has 1 amide bonds. The first kappa shape index (κ1) is 19.3. The Hall–Kier alpha value is -0.740. The summed E-state index contributed by atoms with van der Waals surface area (Å²) in [6.45, 7) is 8.05. The maximum absolute atomic E-state index is 11.8. The van der Waals surface area contributed by atoms with E-state index < -0.39 is 10.4 Å². The minimum absolute atomic E-state index is 0.0130. The van der Waals surface area contributed by atoms with Crippen molar-refractivity contribution in [3.05, 3.63) is 0 Å². The quantitative estimate of drug-likeness (QED) is 0.446. The normalized spacial score (nSPS) is 19.6. The van der Waals surface area contributed by atoms with Crippen molar-refractivity contribution in [2.45, 2.75) is 20.3 Å². The predicted octanol–water partition coefficient (Wildman–Crippen LogP) is -0.185. The van der Waals surface area contributed by atoms with E-state index >= 15 is 0 Å². The highest BCUT2D eigenvalue weighted by Gasteiger charge is 2.30. The summed E-state index contributed by atoms with van der Waals surface area (Å²) in [6.07, 6.45) is 0.794. The number of rotatable bonds is 9. The molecule has 2 N–H and O–H groups in total. The van der Waals surface area contributed by atoms with Gasteiger partial charge in [-0.2, -0.15) is 8.42 Å². The van der Waals surface area contributed by atoms with Crippen LogP contribution in [0.25, 0.3) is 0 Å². The van der Waals surface area contributed by atoms with Gasteiger partial charge in [0, 0.05) is 5.92 Å². The third-order valence-electron chi connectivity index (χ3n) is 4.16. The highest BCUT2D eigenvalue weighted by Crippen LogP contribution is 2.11. The van der Waals surface area contributed by atoms with Crippen molar-refractivity contribution in [1.82, 2.24) is 5.32 Å². The molecule has 1 aliphatic rings. The first-order chi connectivity index (χ1) is 10.3. The van der Waals surface area contributed by atoms with Crippen LogP contribution in [0, 0.1) is 5.92 Å². The number of carbonyl (C=O) groups excluding carboxylic acids is 1. The second-order valence-corrected chi connectivity index (χ2v) is 6.79. The largest absolute Gasteiger partial charge is 0.397 e. The maximum Gasteiger partial charge on any atom is 0.397 e. The minimum Gasteiger partial charge on any atom is -0.370 e. The van der Waals surface area contributed by atoms with E-state index in [1.165, 1.54) is 0 Å². The van der Waals surface area contributed by atoms with Gasteiger partial charge in [-0.25, -0.2) is 4.18 Å². The monoisotopic (exact) mass is 339 g/mol. The highest BCUT2D eigenvalue weighted by molar-refractivity contribution is 7.80.